The lowest BCUT2D eigenvalue weighted by Crippen LogP contribution is -2.23. The number of fused-ring (bicyclic) bond motifs is 1. The molecule has 3 rings (SSSR count). The van der Waals surface area contributed by atoms with E-state index in [1.54, 1.807) is 12.3 Å². The minimum absolute atomic E-state index is 0.256. The summed E-state index contributed by atoms with van der Waals surface area (Å²) in [5, 5.41) is 13.5. The van der Waals surface area contributed by atoms with Crippen LogP contribution in [0.2, 0.25) is 0 Å². The summed E-state index contributed by atoms with van der Waals surface area (Å²) in [6.07, 6.45) is 5.67. The minimum Gasteiger partial charge on any atom is -0.508 e. The Kier molecular flexibility index (Phi) is 3.22. The lowest BCUT2D eigenvalue weighted by atomic mass is 10.0. The number of pyridine rings is 1. The Morgan fingerprint density at radius 3 is 3.00 bits per heavy atom. The van der Waals surface area contributed by atoms with Gasteiger partial charge in [-0.05, 0) is 48.6 Å². The Morgan fingerprint density at radius 1 is 1.32 bits per heavy atom. The molecule has 0 aliphatic heterocycles. The monoisotopic (exact) mass is 254 g/mol. The van der Waals surface area contributed by atoms with Gasteiger partial charge in [-0.25, -0.2) is 0 Å². The first kappa shape index (κ1) is 12.2. The van der Waals surface area contributed by atoms with E-state index >= 15 is 0 Å². The number of hydrogen-bond donors (Lipinski definition) is 2. The minimum atomic E-state index is 0.256. The third-order valence-electron chi connectivity index (χ3n) is 3.88. The van der Waals surface area contributed by atoms with Gasteiger partial charge < -0.3 is 10.4 Å². The molecule has 1 aromatic heterocycles. The van der Waals surface area contributed by atoms with Crippen molar-refractivity contribution >= 4 is 0 Å². The number of hydrogen-bond acceptors (Lipinski definition) is 3. The summed E-state index contributed by atoms with van der Waals surface area (Å²) in [5.41, 5.74) is 3.52. The molecule has 2 atom stereocenters. The number of phenols is 1. The summed E-state index contributed by atoms with van der Waals surface area (Å²) in [6, 6.07) is 10.4. The van der Waals surface area contributed by atoms with Crippen molar-refractivity contribution in [2.75, 3.05) is 0 Å². The number of aromatic nitrogens is 1. The first-order chi connectivity index (χ1) is 9.25. The number of nitrogens with zero attached hydrogens (tertiary/aromatic N) is 1. The molecule has 1 aliphatic rings. The van der Waals surface area contributed by atoms with Gasteiger partial charge in [0.25, 0.3) is 0 Å². The van der Waals surface area contributed by atoms with Gasteiger partial charge in [0.15, 0.2) is 0 Å². The average molecular weight is 254 g/mol. The van der Waals surface area contributed by atoms with E-state index < -0.39 is 0 Å². The van der Waals surface area contributed by atoms with Crippen molar-refractivity contribution in [1.29, 1.82) is 0 Å². The molecule has 0 amide bonds. The molecular formula is C16H18N2O. The number of rotatable bonds is 3. The predicted molar refractivity (Wildman–Crippen MR) is 75.0 cm³/mol. The maximum Gasteiger partial charge on any atom is 0.119 e. The highest BCUT2D eigenvalue weighted by Crippen LogP contribution is 2.37. The Hall–Kier alpha value is -1.87. The maximum absolute atomic E-state index is 9.86. The highest BCUT2D eigenvalue weighted by atomic mass is 16.3. The molecule has 0 spiro atoms. The fourth-order valence-electron chi connectivity index (χ4n) is 2.84. The van der Waals surface area contributed by atoms with Crippen LogP contribution in [0.3, 0.4) is 0 Å². The first-order valence-electron chi connectivity index (χ1n) is 6.72. The lowest BCUT2D eigenvalue weighted by Gasteiger charge is -2.20. The van der Waals surface area contributed by atoms with Crippen LogP contribution in [0.5, 0.6) is 5.75 Å². The Balaban J connectivity index is 1.78. The van der Waals surface area contributed by atoms with E-state index in [0.29, 0.717) is 11.8 Å². The van der Waals surface area contributed by atoms with Crippen LogP contribution < -0.4 is 5.32 Å². The van der Waals surface area contributed by atoms with E-state index in [9.17, 15) is 5.11 Å². The molecule has 0 saturated carbocycles. The summed E-state index contributed by atoms with van der Waals surface area (Å²) in [6.45, 7) is 2.15. The second kappa shape index (κ2) is 5.02. The third-order valence-corrected chi connectivity index (χ3v) is 3.88. The van der Waals surface area contributed by atoms with Gasteiger partial charge in [0, 0.05) is 24.5 Å². The fourth-order valence-corrected chi connectivity index (χ4v) is 2.84. The lowest BCUT2D eigenvalue weighted by molar-refractivity contribution is 0.464. The summed E-state index contributed by atoms with van der Waals surface area (Å²) >= 11 is 0. The fraction of sp³-hybridized carbons (Fsp3) is 0.312. The molecule has 0 bridgehead atoms. The van der Waals surface area contributed by atoms with Crippen LogP contribution >= 0.6 is 0 Å². The second-order valence-electron chi connectivity index (χ2n) is 5.11. The maximum atomic E-state index is 9.86. The van der Waals surface area contributed by atoms with E-state index in [0.717, 1.165) is 18.4 Å². The standard InChI is InChI=1S/C16H18N2O/c1-11(12-4-3-9-17-10-12)18-15-8-7-14-13(15)5-2-6-16(14)19/h2-6,9-11,15,18-19H,7-8H2,1H3/t11-,15?/m0/s1. The smallest absolute Gasteiger partial charge is 0.119 e. The van der Waals surface area contributed by atoms with Gasteiger partial charge in [-0.2, -0.15) is 0 Å². The highest BCUT2D eigenvalue weighted by molar-refractivity contribution is 5.44. The van der Waals surface area contributed by atoms with Crippen molar-refractivity contribution in [2.45, 2.75) is 31.8 Å². The van der Waals surface area contributed by atoms with Gasteiger partial charge in [0.2, 0.25) is 0 Å². The van der Waals surface area contributed by atoms with Crippen LogP contribution in [0, 0.1) is 0 Å². The van der Waals surface area contributed by atoms with Crippen LogP contribution in [-0.2, 0) is 6.42 Å². The van der Waals surface area contributed by atoms with Gasteiger partial charge in [-0.1, -0.05) is 18.2 Å². The van der Waals surface area contributed by atoms with Crippen molar-refractivity contribution in [2.24, 2.45) is 0 Å². The molecule has 1 unspecified atom stereocenters. The van der Waals surface area contributed by atoms with Gasteiger partial charge in [0.1, 0.15) is 5.75 Å². The molecule has 2 aromatic rings. The van der Waals surface area contributed by atoms with Crippen LogP contribution in [-0.4, -0.2) is 10.1 Å². The number of benzene rings is 1. The van der Waals surface area contributed by atoms with Crippen molar-refractivity contribution < 1.29 is 5.11 Å². The van der Waals surface area contributed by atoms with Gasteiger partial charge >= 0.3 is 0 Å². The van der Waals surface area contributed by atoms with Gasteiger partial charge in [-0.3, -0.25) is 4.98 Å². The van der Waals surface area contributed by atoms with Crippen molar-refractivity contribution in [3.05, 3.63) is 59.4 Å². The third kappa shape index (κ3) is 2.34. The van der Waals surface area contributed by atoms with E-state index in [1.165, 1.54) is 11.1 Å². The Bertz CT molecular complexity index is 568. The molecule has 1 aromatic carbocycles. The highest BCUT2D eigenvalue weighted by Gasteiger charge is 2.25. The zero-order chi connectivity index (χ0) is 13.2. The van der Waals surface area contributed by atoms with Gasteiger partial charge in [0.05, 0.1) is 0 Å². The molecule has 0 radical (unpaired) electrons. The topological polar surface area (TPSA) is 45.1 Å². The number of aromatic hydroxyl groups is 1. The summed E-state index contributed by atoms with van der Waals surface area (Å²) < 4.78 is 0. The Morgan fingerprint density at radius 2 is 2.21 bits per heavy atom. The Labute approximate surface area is 113 Å². The van der Waals surface area contributed by atoms with Crippen LogP contribution in [0.4, 0.5) is 0 Å². The summed E-state index contributed by atoms with van der Waals surface area (Å²) in [7, 11) is 0. The van der Waals surface area contributed by atoms with Crippen molar-refractivity contribution in [3.8, 4) is 5.75 Å². The molecule has 1 aliphatic carbocycles. The van der Waals surface area contributed by atoms with Crippen LogP contribution in [0.1, 0.15) is 42.1 Å². The molecule has 2 N–H and O–H groups in total. The molecule has 98 valence electrons. The SMILES string of the molecule is C[C@H](NC1CCc2c(O)cccc21)c1cccnc1. The average Bonchev–Trinajstić information content (AvgIpc) is 2.84. The molecule has 3 nitrogen and oxygen atoms in total. The van der Waals surface area contributed by atoms with Crippen molar-refractivity contribution in [1.82, 2.24) is 10.3 Å². The molecule has 0 saturated heterocycles. The number of phenolic OH excluding ortho intramolecular Hbond substituents is 1. The zero-order valence-electron chi connectivity index (χ0n) is 11.0. The first-order valence-corrected chi connectivity index (χ1v) is 6.72. The zero-order valence-corrected chi connectivity index (χ0v) is 11.0. The summed E-state index contributed by atoms with van der Waals surface area (Å²) in [5.74, 6) is 0.427. The molecule has 19 heavy (non-hydrogen) atoms. The second-order valence-corrected chi connectivity index (χ2v) is 5.11. The summed E-state index contributed by atoms with van der Waals surface area (Å²) in [4.78, 5) is 4.16. The van der Waals surface area contributed by atoms with E-state index in [1.807, 2.05) is 18.3 Å². The van der Waals surface area contributed by atoms with E-state index in [2.05, 4.69) is 29.4 Å². The normalized spacial score (nSPS) is 19.1. The van der Waals surface area contributed by atoms with Crippen LogP contribution in [0.25, 0.3) is 0 Å². The van der Waals surface area contributed by atoms with E-state index in [-0.39, 0.29) is 6.04 Å². The molecule has 3 heteroatoms. The number of nitrogens with one attached hydrogen (secondary N) is 1. The molecule has 0 fully saturated rings. The van der Waals surface area contributed by atoms with Crippen molar-refractivity contribution in [3.63, 3.8) is 0 Å². The largest absolute Gasteiger partial charge is 0.508 e. The van der Waals surface area contributed by atoms with Crippen LogP contribution in [0.15, 0.2) is 42.7 Å². The quantitative estimate of drug-likeness (QED) is 0.884. The van der Waals surface area contributed by atoms with E-state index in [4.69, 9.17) is 0 Å². The molecule has 1 heterocycles. The van der Waals surface area contributed by atoms with Gasteiger partial charge in [-0.15, -0.1) is 0 Å². The molecular weight excluding hydrogens is 236 g/mol. The predicted octanol–water partition coefficient (Wildman–Crippen LogP) is 3.13.